The van der Waals surface area contributed by atoms with Crippen LogP contribution in [0.2, 0.25) is 10.0 Å². The van der Waals surface area contributed by atoms with E-state index in [0.717, 1.165) is 31.7 Å². The number of esters is 1. The van der Waals surface area contributed by atoms with Crippen LogP contribution in [-0.4, -0.2) is 40.2 Å². The molecule has 0 spiro atoms. The third kappa shape index (κ3) is 4.33. The zero-order valence-corrected chi connectivity index (χ0v) is 23.4. The molecule has 4 heterocycles. The van der Waals surface area contributed by atoms with E-state index in [4.69, 9.17) is 38.2 Å². The Morgan fingerprint density at radius 2 is 1.80 bits per heavy atom. The number of piperidine rings is 1. The van der Waals surface area contributed by atoms with Crippen LogP contribution >= 0.6 is 34.5 Å². The Morgan fingerprint density at radius 3 is 2.45 bits per heavy atom. The van der Waals surface area contributed by atoms with Crippen LogP contribution in [0, 0.1) is 5.82 Å². The van der Waals surface area contributed by atoms with E-state index in [1.165, 1.54) is 11.3 Å². The van der Waals surface area contributed by atoms with Gasteiger partial charge in [0.1, 0.15) is 22.9 Å². The number of fused-ring (bicyclic) bond motifs is 3. The molecule has 0 unspecified atom stereocenters. The fourth-order valence-corrected chi connectivity index (χ4v) is 7.73. The minimum atomic E-state index is -0.684. The Kier molecular flexibility index (Phi) is 6.25. The highest BCUT2D eigenvalue weighted by molar-refractivity contribution is 7.22. The van der Waals surface area contributed by atoms with Crippen LogP contribution in [0.15, 0.2) is 34.9 Å². The maximum Gasteiger partial charge on any atom is 0.344 e. The number of hydrogen-bond acceptors (Lipinski definition) is 8. The van der Waals surface area contributed by atoms with E-state index in [1.807, 2.05) is 0 Å². The maximum atomic E-state index is 14.7. The van der Waals surface area contributed by atoms with Crippen LogP contribution in [0.5, 0.6) is 0 Å². The summed E-state index contributed by atoms with van der Waals surface area (Å²) < 4.78 is 27.0. The molecule has 1 aliphatic carbocycles. The molecule has 2 saturated heterocycles. The number of rotatable bonds is 6. The Morgan fingerprint density at radius 1 is 1.10 bits per heavy atom. The first kappa shape index (κ1) is 25.7. The number of nitrogens with zero attached hydrogens (tertiary/aromatic N) is 3. The van der Waals surface area contributed by atoms with Crippen molar-refractivity contribution in [2.24, 2.45) is 5.73 Å². The highest BCUT2D eigenvalue weighted by Crippen LogP contribution is 2.47. The summed E-state index contributed by atoms with van der Waals surface area (Å²) in [7, 11) is 0. The lowest BCUT2D eigenvalue weighted by atomic mass is 9.99. The molecule has 3 atom stereocenters. The predicted octanol–water partition coefficient (Wildman–Crippen LogP) is 6.73. The molecule has 2 aliphatic heterocycles. The van der Waals surface area contributed by atoms with Gasteiger partial charge in [-0.15, -0.1) is 0 Å². The summed E-state index contributed by atoms with van der Waals surface area (Å²) in [6.07, 6.45) is 4.55. The van der Waals surface area contributed by atoms with Crippen molar-refractivity contribution in [1.82, 2.24) is 10.1 Å². The highest BCUT2D eigenvalue weighted by Gasteiger charge is 2.45. The first-order valence-electron chi connectivity index (χ1n) is 13.1. The summed E-state index contributed by atoms with van der Waals surface area (Å²) in [5.41, 5.74) is 6.74. The van der Waals surface area contributed by atoms with Gasteiger partial charge >= 0.3 is 5.97 Å². The van der Waals surface area contributed by atoms with Crippen molar-refractivity contribution in [1.29, 1.82) is 0 Å². The molecule has 12 heteroatoms. The average molecular weight is 601 g/mol. The predicted molar refractivity (Wildman–Crippen MR) is 150 cm³/mol. The number of primary amides is 1. The summed E-state index contributed by atoms with van der Waals surface area (Å²) in [4.78, 5) is 32.0. The molecule has 8 nitrogen and oxygen atoms in total. The van der Waals surface area contributed by atoms with Gasteiger partial charge in [0.15, 0.2) is 16.7 Å². The zero-order chi connectivity index (χ0) is 27.7. The number of carbonyl (C=O) groups is 2. The van der Waals surface area contributed by atoms with Crippen molar-refractivity contribution in [3.63, 3.8) is 0 Å². The van der Waals surface area contributed by atoms with E-state index < -0.39 is 17.7 Å². The highest BCUT2D eigenvalue weighted by atomic mass is 35.5. The van der Waals surface area contributed by atoms with Crippen molar-refractivity contribution >= 4 is 61.8 Å². The van der Waals surface area contributed by atoms with E-state index >= 15 is 0 Å². The van der Waals surface area contributed by atoms with Gasteiger partial charge in [-0.25, -0.2) is 14.2 Å². The van der Waals surface area contributed by atoms with Crippen molar-refractivity contribution in [3.8, 4) is 11.3 Å². The molecule has 0 radical (unpaired) electrons. The number of amides is 1. The molecule has 206 valence electrons. The van der Waals surface area contributed by atoms with E-state index in [-0.39, 0.29) is 35.2 Å². The van der Waals surface area contributed by atoms with Gasteiger partial charge in [0, 0.05) is 42.0 Å². The smallest absolute Gasteiger partial charge is 0.344 e. The van der Waals surface area contributed by atoms with Crippen molar-refractivity contribution in [2.45, 2.75) is 62.6 Å². The zero-order valence-electron chi connectivity index (χ0n) is 21.0. The number of anilines is 1. The van der Waals surface area contributed by atoms with Crippen molar-refractivity contribution in [2.75, 3.05) is 4.90 Å². The summed E-state index contributed by atoms with van der Waals surface area (Å²) in [5, 5.41) is 5.64. The molecule has 2 bridgehead atoms. The van der Waals surface area contributed by atoms with Crippen LogP contribution in [-0.2, 0) is 4.74 Å². The van der Waals surface area contributed by atoms with Gasteiger partial charge in [-0.05, 0) is 49.9 Å². The lowest BCUT2D eigenvalue weighted by molar-refractivity contribution is 0.0202. The normalized spacial score (nSPS) is 22.2. The molecule has 2 N–H and O–H groups in total. The standard InChI is InChI=1S/C28H23Cl2FN4O4S/c29-17-2-1-3-18(30)21(17)24-22(25(39-34-24)12-4-5-12)27(37)38-16-10-14-6-7-15(11-16)35(14)28-33-23-19(31)8-13(26(32)36)9-20(23)40-28/h1-3,8-9,12,14-16H,4-7,10-11H2,(H2,32,36)/t14-,15+,16+. The molecule has 3 fully saturated rings. The van der Waals surface area contributed by atoms with Gasteiger partial charge in [0.05, 0.1) is 14.7 Å². The number of halogens is 3. The van der Waals surface area contributed by atoms with E-state index in [2.05, 4.69) is 15.0 Å². The Labute approximate surface area is 242 Å². The monoisotopic (exact) mass is 600 g/mol. The molecule has 1 saturated carbocycles. The second-order valence-corrected chi connectivity index (χ2v) is 12.4. The summed E-state index contributed by atoms with van der Waals surface area (Å²) in [6.45, 7) is 0. The van der Waals surface area contributed by atoms with Crippen LogP contribution in [0.4, 0.5) is 9.52 Å². The SMILES string of the molecule is NC(=O)c1cc(F)c2nc(N3[C@@H]4CC[C@H]3C[C@@H](OC(=O)c3c(-c5c(Cl)cccc5Cl)noc3C3CC3)C4)sc2c1. The van der Waals surface area contributed by atoms with E-state index in [0.29, 0.717) is 55.3 Å². The summed E-state index contributed by atoms with van der Waals surface area (Å²) >= 11 is 14.2. The maximum absolute atomic E-state index is 14.7. The minimum Gasteiger partial charge on any atom is -0.458 e. The number of hydrogen-bond donors (Lipinski definition) is 1. The van der Waals surface area contributed by atoms with Gasteiger partial charge in [-0.2, -0.15) is 0 Å². The number of aromatic nitrogens is 2. The van der Waals surface area contributed by atoms with Gasteiger partial charge in [-0.3, -0.25) is 4.79 Å². The van der Waals surface area contributed by atoms with Crippen molar-refractivity contribution in [3.05, 3.63) is 63.1 Å². The fraction of sp³-hybridized carbons (Fsp3) is 0.357. The Balaban J connectivity index is 1.14. The fourth-order valence-electron chi connectivity index (χ4n) is 5.99. The lowest BCUT2D eigenvalue weighted by Gasteiger charge is -2.38. The van der Waals surface area contributed by atoms with Crippen molar-refractivity contribution < 1.29 is 23.2 Å². The van der Waals surface area contributed by atoms with Gasteiger partial charge in [-0.1, -0.05) is 45.8 Å². The number of thiazole rings is 1. The van der Waals surface area contributed by atoms with E-state index in [1.54, 1.807) is 24.3 Å². The summed E-state index contributed by atoms with van der Waals surface area (Å²) in [5.74, 6) is -1.11. The van der Waals surface area contributed by atoms with E-state index in [9.17, 15) is 14.0 Å². The third-order valence-electron chi connectivity index (χ3n) is 7.98. The largest absolute Gasteiger partial charge is 0.458 e. The molecule has 3 aliphatic rings. The minimum absolute atomic E-state index is 0.0821. The topological polar surface area (TPSA) is 112 Å². The number of carbonyl (C=O) groups excluding carboxylic acids is 2. The second-order valence-electron chi connectivity index (χ2n) is 10.6. The van der Waals surface area contributed by atoms with Gasteiger partial charge in [0.2, 0.25) is 5.91 Å². The molecular formula is C28H23Cl2FN4O4S. The molecule has 40 heavy (non-hydrogen) atoms. The number of benzene rings is 2. The van der Waals surface area contributed by atoms with Gasteiger partial charge in [0.25, 0.3) is 0 Å². The number of nitrogens with two attached hydrogens (primary N) is 1. The van der Waals surface area contributed by atoms with Crippen LogP contribution in [0.3, 0.4) is 0 Å². The van der Waals surface area contributed by atoms with Crippen LogP contribution < -0.4 is 10.6 Å². The molecule has 1 amide bonds. The van der Waals surface area contributed by atoms with Gasteiger partial charge < -0.3 is 19.9 Å². The summed E-state index contributed by atoms with van der Waals surface area (Å²) in [6, 6.07) is 7.99. The quantitative estimate of drug-likeness (QED) is 0.244. The second kappa shape index (κ2) is 9.71. The molecule has 2 aromatic heterocycles. The average Bonchev–Trinajstić information content (AvgIpc) is 3.41. The number of ether oxygens (including phenoxy) is 1. The van der Waals surface area contributed by atoms with Crippen LogP contribution in [0.1, 0.15) is 70.9 Å². The Hall–Kier alpha value is -3.21. The lowest BCUT2D eigenvalue weighted by Crippen LogP contribution is -2.46. The molecular weight excluding hydrogens is 578 g/mol. The molecule has 7 rings (SSSR count). The molecule has 2 aromatic carbocycles. The van der Waals surface area contributed by atoms with Crippen LogP contribution in [0.25, 0.3) is 21.5 Å². The first-order valence-corrected chi connectivity index (χ1v) is 14.7. The molecule has 4 aromatic rings. The third-order valence-corrected chi connectivity index (χ3v) is 9.62. The Bertz CT molecular complexity index is 1650. The first-order chi connectivity index (χ1) is 19.3.